The minimum atomic E-state index is -2.11. The summed E-state index contributed by atoms with van der Waals surface area (Å²) in [5.74, 6) is -15.0. The lowest BCUT2D eigenvalue weighted by atomic mass is 9.95. The molecule has 91 heavy (non-hydrogen) atoms. The molecule has 33 nitrogen and oxygen atoms in total. The Morgan fingerprint density at radius 3 is 1.74 bits per heavy atom. The van der Waals surface area contributed by atoms with Crippen molar-refractivity contribution in [3.63, 3.8) is 0 Å². The predicted molar refractivity (Wildman–Crippen MR) is 323 cm³/mol. The third kappa shape index (κ3) is 27.2. The molecule has 1 aromatic carbocycles. The molecule has 0 saturated carbocycles. The summed E-state index contributed by atoms with van der Waals surface area (Å²) < 4.78 is 5.60. The SMILES string of the molecule is CC[C@H](C)[C@H](NC(=O)[C@@H](N)C(C)C)C(=O)N[C@H](C(=O)N[C@@H](C)C(=O)N[C@@H](Cc1ccccc1)C(=O)N[C@@H](CC(=O)N[C@@H]1O[C@H](CO)[C@@H](O)[C@H](O)[C@H]1NC(C)=O)C(=O)N[C@@H](CCC(=O)O)C(=O)NCC(=O)N[C@@H](CC(C)C)C(=O)N[C@@H](CCCCN)C(=O)O)[C@@H](C)O. The number of aliphatic carboxylic acids is 2. The predicted octanol–water partition coefficient (Wildman–Crippen LogP) is -5.77. The zero-order chi connectivity index (χ0) is 69.0. The first-order valence-electron chi connectivity index (χ1n) is 30.2. The van der Waals surface area contributed by atoms with Gasteiger partial charge < -0.3 is 105 Å². The van der Waals surface area contributed by atoms with Gasteiger partial charge in [-0.3, -0.25) is 57.5 Å². The van der Waals surface area contributed by atoms with Crippen molar-refractivity contribution in [1.29, 1.82) is 0 Å². The minimum Gasteiger partial charge on any atom is -0.481 e. The molecule has 0 bridgehead atoms. The van der Waals surface area contributed by atoms with E-state index in [0.717, 1.165) is 6.92 Å². The van der Waals surface area contributed by atoms with E-state index in [1.165, 1.54) is 13.8 Å². The van der Waals surface area contributed by atoms with Gasteiger partial charge in [-0.2, -0.15) is 0 Å². The molecule has 1 aliphatic rings. The van der Waals surface area contributed by atoms with E-state index in [1.807, 2.05) is 0 Å². The lowest BCUT2D eigenvalue weighted by Gasteiger charge is -2.42. The number of hydrogen-bond acceptors (Lipinski definition) is 20. The second kappa shape index (κ2) is 39.3. The van der Waals surface area contributed by atoms with Crippen molar-refractivity contribution >= 4 is 76.9 Å². The second-order valence-corrected chi connectivity index (χ2v) is 23.3. The van der Waals surface area contributed by atoms with Crippen LogP contribution in [0.25, 0.3) is 0 Å². The summed E-state index contributed by atoms with van der Waals surface area (Å²) >= 11 is 0. The smallest absolute Gasteiger partial charge is 0.326 e. The van der Waals surface area contributed by atoms with Crippen LogP contribution >= 0.6 is 0 Å². The Balaban J connectivity index is 2.60. The normalized spacial score (nSPS) is 19.9. The summed E-state index contributed by atoms with van der Waals surface area (Å²) in [7, 11) is 0. The molecule has 1 saturated heterocycles. The number of carboxylic acid groups (broad SMARTS) is 2. The van der Waals surface area contributed by atoms with Crippen LogP contribution < -0.4 is 70.0 Å². The first kappa shape index (κ1) is 79.1. The number of ether oxygens (including phenoxy) is 1. The first-order valence-corrected chi connectivity index (χ1v) is 30.2. The van der Waals surface area contributed by atoms with E-state index >= 15 is 0 Å². The fourth-order valence-electron chi connectivity index (χ4n) is 9.22. The number of nitrogens with two attached hydrogens (primary N) is 2. The van der Waals surface area contributed by atoms with Gasteiger partial charge in [-0.15, -0.1) is 0 Å². The van der Waals surface area contributed by atoms with Crippen molar-refractivity contribution in [2.24, 2.45) is 29.2 Å². The zero-order valence-corrected chi connectivity index (χ0v) is 52.8. The van der Waals surface area contributed by atoms with Crippen molar-refractivity contribution in [3.8, 4) is 0 Å². The largest absolute Gasteiger partial charge is 0.481 e. The highest BCUT2D eigenvalue weighted by molar-refractivity contribution is 5.99. The van der Waals surface area contributed by atoms with Gasteiger partial charge >= 0.3 is 11.9 Å². The van der Waals surface area contributed by atoms with Crippen LogP contribution in [0, 0.1) is 17.8 Å². The zero-order valence-electron chi connectivity index (χ0n) is 52.8. The van der Waals surface area contributed by atoms with Crippen LogP contribution in [0.5, 0.6) is 0 Å². The maximum Gasteiger partial charge on any atom is 0.326 e. The van der Waals surface area contributed by atoms with E-state index in [1.54, 1.807) is 71.9 Å². The van der Waals surface area contributed by atoms with Gasteiger partial charge in [0, 0.05) is 19.8 Å². The molecule has 512 valence electrons. The van der Waals surface area contributed by atoms with Crippen molar-refractivity contribution in [2.45, 2.75) is 211 Å². The monoisotopic (exact) mass is 1290 g/mol. The van der Waals surface area contributed by atoms with E-state index < -0.39 is 206 Å². The van der Waals surface area contributed by atoms with Crippen molar-refractivity contribution in [3.05, 3.63) is 35.9 Å². The van der Waals surface area contributed by atoms with Gasteiger partial charge in [-0.25, -0.2) is 4.79 Å². The number of rotatable bonds is 39. The Morgan fingerprint density at radius 2 is 1.19 bits per heavy atom. The number of benzene rings is 1. The number of carbonyl (C=O) groups excluding carboxylic acids is 11. The number of carboxylic acids is 2. The molecule has 1 aliphatic heterocycles. The Kier molecular flexibility index (Phi) is 34.2. The average Bonchev–Trinajstić information content (AvgIpc) is 0.907. The fraction of sp³-hybridized carbons (Fsp3) is 0.672. The maximum absolute atomic E-state index is 14.7. The van der Waals surface area contributed by atoms with Crippen molar-refractivity contribution in [2.75, 3.05) is 19.7 Å². The van der Waals surface area contributed by atoms with Gasteiger partial charge in [0.25, 0.3) is 0 Å². The molecule has 1 fully saturated rings. The highest BCUT2D eigenvalue weighted by Crippen LogP contribution is 2.21. The van der Waals surface area contributed by atoms with Gasteiger partial charge in [-0.1, -0.05) is 78.3 Å². The van der Waals surface area contributed by atoms with Gasteiger partial charge in [-0.05, 0) is 75.8 Å². The molecule has 2 rings (SSSR count). The molecular formula is C58H95N13O20. The number of nitrogens with one attached hydrogen (secondary N) is 11. The van der Waals surface area contributed by atoms with Crippen LogP contribution in [-0.2, 0) is 73.5 Å². The topological polar surface area (TPSA) is 537 Å². The maximum atomic E-state index is 14.7. The van der Waals surface area contributed by atoms with Gasteiger partial charge in [0.15, 0.2) is 6.23 Å². The van der Waals surface area contributed by atoms with Crippen molar-refractivity contribution < 1.29 is 97.7 Å². The summed E-state index contributed by atoms with van der Waals surface area (Å²) in [5, 5.41) is 87.8. The molecule has 0 spiro atoms. The van der Waals surface area contributed by atoms with E-state index in [4.69, 9.17) is 16.2 Å². The van der Waals surface area contributed by atoms with Crippen LogP contribution in [0.15, 0.2) is 30.3 Å². The molecule has 1 aromatic rings. The summed E-state index contributed by atoms with van der Waals surface area (Å²) in [6.07, 6.45) is -10.2. The number of unbranched alkanes of at least 4 members (excludes halogenated alkanes) is 1. The minimum absolute atomic E-state index is 0.0132. The van der Waals surface area contributed by atoms with Gasteiger partial charge in [0.05, 0.1) is 31.7 Å². The third-order valence-corrected chi connectivity index (χ3v) is 14.8. The lowest BCUT2D eigenvalue weighted by Crippen LogP contribution is -2.68. The van der Waals surface area contributed by atoms with Crippen molar-refractivity contribution in [1.82, 2.24) is 58.5 Å². The van der Waals surface area contributed by atoms with E-state index in [-0.39, 0.29) is 37.6 Å². The standard InChI is InChI=1S/C58H95N13O20/c1-10-29(6)44(70-54(86)43(60)28(4)5)55(87)71-45(31(8)73)56(88)62-30(7)49(81)67-37(23-33-16-12-11-13-17-33)52(84)68-38(24-40(75)69-57-46(63-32(9)74)48(80)47(79)39(26-72)91-57)53(85)65-34(19-20-42(77)78)50(82)61-25-41(76)64-36(22-27(2)3)51(83)66-35(58(89)90)18-14-15-21-59/h11-13,16-17,27-31,34-39,43-48,57,72-73,79-80H,10,14-15,18-26,59-60H2,1-9H3,(H,61,82)(H,62,88)(H,63,74)(H,64,76)(H,65,85)(H,66,83)(H,67,81)(H,68,84)(H,69,75)(H,70,86)(H,71,87)(H,77,78)(H,89,90)/t29-,30-,31+,34-,35-,36-,37-,38-,39+,43-,44-,45-,46+,47+,48+,57+/m0/s1. The lowest BCUT2D eigenvalue weighted by molar-refractivity contribution is -0.203. The first-order chi connectivity index (χ1) is 42.6. The number of carbonyl (C=O) groups is 13. The van der Waals surface area contributed by atoms with Crippen LogP contribution in [0.4, 0.5) is 0 Å². The molecule has 0 aromatic heterocycles. The molecular weight excluding hydrogens is 1200 g/mol. The Morgan fingerprint density at radius 1 is 0.615 bits per heavy atom. The third-order valence-electron chi connectivity index (χ3n) is 14.8. The second-order valence-electron chi connectivity index (χ2n) is 23.3. The quantitative estimate of drug-likeness (QED) is 0.0273. The molecule has 16 atom stereocenters. The Hall–Kier alpha value is -7.95. The molecule has 0 radical (unpaired) electrons. The highest BCUT2D eigenvalue weighted by atomic mass is 16.5. The summed E-state index contributed by atoms with van der Waals surface area (Å²) in [6, 6.07) is -7.45. The molecule has 21 N–H and O–H groups in total. The molecule has 1 heterocycles. The Labute approximate surface area is 527 Å². The van der Waals surface area contributed by atoms with Crippen LogP contribution in [0.3, 0.4) is 0 Å². The van der Waals surface area contributed by atoms with E-state index in [2.05, 4.69) is 58.5 Å². The number of aliphatic hydroxyl groups is 4. The highest BCUT2D eigenvalue weighted by Gasteiger charge is 2.46. The van der Waals surface area contributed by atoms with E-state index in [9.17, 15) is 93.0 Å². The average molecular weight is 1290 g/mol. The fourth-order valence-corrected chi connectivity index (χ4v) is 9.22. The van der Waals surface area contributed by atoms with E-state index in [0.29, 0.717) is 24.8 Å². The van der Waals surface area contributed by atoms with Crippen LogP contribution in [-0.4, -0.2) is 218 Å². The Bertz CT molecular complexity index is 2630. The summed E-state index contributed by atoms with van der Waals surface area (Å²) in [5.41, 5.74) is 11.9. The van der Waals surface area contributed by atoms with Crippen LogP contribution in [0.1, 0.15) is 119 Å². The van der Waals surface area contributed by atoms with Gasteiger partial charge in [0.1, 0.15) is 72.7 Å². The molecule has 11 amide bonds. The molecule has 0 aliphatic carbocycles. The van der Waals surface area contributed by atoms with Gasteiger partial charge in [0.2, 0.25) is 65.0 Å². The molecule has 0 unspecified atom stereocenters. The van der Waals surface area contributed by atoms with Crippen LogP contribution in [0.2, 0.25) is 0 Å². The number of amides is 11. The molecule has 33 heteroatoms. The number of aliphatic hydroxyl groups excluding tert-OH is 4. The number of hydrogen-bond donors (Lipinski definition) is 19. The summed E-state index contributed by atoms with van der Waals surface area (Å²) in [4.78, 5) is 175. The summed E-state index contributed by atoms with van der Waals surface area (Å²) in [6.45, 7) is 12.2.